The third-order valence-corrected chi connectivity index (χ3v) is 2.86. The molecule has 1 aromatic carbocycles. The first kappa shape index (κ1) is 11.4. The van der Waals surface area contributed by atoms with Crippen molar-refractivity contribution in [2.24, 2.45) is 0 Å². The molecule has 1 unspecified atom stereocenters. The molecule has 0 saturated carbocycles. The Morgan fingerprint density at radius 1 is 1.31 bits per heavy atom. The highest BCUT2D eigenvalue weighted by Crippen LogP contribution is 2.17. The van der Waals surface area contributed by atoms with E-state index < -0.39 is 0 Å². The molecule has 0 spiro atoms. The quantitative estimate of drug-likeness (QED) is 0.723. The van der Waals surface area contributed by atoms with Crippen LogP contribution in [-0.4, -0.2) is 18.8 Å². The first-order valence-electron chi connectivity index (χ1n) is 5.78. The highest BCUT2D eigenvalue weighted by molar-refractivity contribution is 5.13. The van der Waals surface area contributed by atoms with Crippen molar-refractivity contribution in [1.82, 2.24) is 0 Å². The zero-order chi connectivity index (χ0) is 11.2. The molecular formula is C14H18O2. The van der Waals surface area contributed by atoms with E-state index in [1.165, 1.54) is 5.56 Å². The molecule has 0 aromatic heterocycles. The molecule has 2 atom stereocenters. The topological polar surface area (TPSA) is 18.5 Å². The molecule has 0 aliphatic carbocycles. The van der Waals surface area contributed by atoms with Crippen molar-refractivity contribution in [3.8, 4) is 0 Å². The van der Waals surface area contributed by atoms with Crippen LogP contribution in [0, 0.1) is 0 Å². The fourth-order valence-corrected chi connectivity index (χ4v) is 1.85. The predicted octanol–water partition coefficient (Wildman–Crippen LogP) is 2.94. The molecule has 1 heterocycles. The van der Waals surface area contributed by atoms with Crippen LogP contribution in [0.3, 0.4) is 0 Å². The molecule has 2 heteroatoms. The predicted molar refractivity (Wildman–Crippen MR) is 64.2 cm³/mol. The molecule has 1 saturated heterocycles. The van der Waals surface area contributed by atoms with E-state index in [0.717, 1.165) is 12.8 Å². The van der Waals surface area contributed by atoms with Gasteiger partial charge in [-0.05, 0) is 18.4 Å². The van der Waals surface area contributed by atoms with Crippen LogP contribution < -0.4 is 0 Å². The van der Waals surface area contributed by atoms with Crippen molar-refractivity contribution in [3.05, 3.63) is 48.6 Å². The zero-order valence-electron chi connectivity index (χ0n) is 9.47. The Morgan fingerprint density at radius 2 is 2.12 bits per heavy atom. The molecule has 1 aliphatic rings. The normalized spacial score (nSPS) is 25.2. The van der Waals surface area contributed by atoms with E-state index in [-0.39, 0.29) is 12.2 Å². The van der Waals surface area contributed by atoms with Crippen molar-refractivity contribution in [1.29, 1.82) is 0 Å². The SMILES string of the molecule is C=C[C@@H]1CCC(OCc2ccccc2)CO1. The number of ether oxygens (including phenoxy) is 2. The molecule has 86 valence electrons. The van der Waals surface area contributed by atoms with Gasteiger partial charge in [0.25, 0.3) is 0 Å². The average Bonchev–Trinajstić information content (AvgIpc) is 2.38. The maximum atomic E-state index is 5.80. The Balaban J connectivity index is 1.73. The molecule has 1 aromatic rings. The molecule has 0 radical (unpaired) electrons. The van der Waals surface area contributed by atoms with Crippen LogP contribution in [0.1, 0.15) is 18.4 Å². The lowest BCUT2D eigenvalue weighted by Crippen LogP contribution is -2.30. The fraction of sp³-hybridized carbons (Fsp3) is 0.429. The molecule has 0 amide bonds. The summed E-state index contributed by atoms with van der Waals surface area (Å²) in [6.07, 6.45) is 4.40. The maximum absolute atomic E-state index is 5.80. The lowest BCUT2D eigenvalue weighted by Gasteiger charge is -2.27. The second-order valence-corrected chi connectivity index (χ2v) is 4.10. The van der Waals surface area contributed by atoms with Gasteiger partial charge in [0.1, 0.15) is 0 Å². The van der Waals surface area contributed by atoms with Gasteiger partial charge in [-0.2, -0.15) is 0 Å². The highest BCUT2D eigenvalue weighted by Gasteiger charge is 2.19. The monoisotopic (exact) mass is 218 g/mol. The Labute approximate surface area is 96.9 Å². The van der Waals surface area contributed by atoms with Crippen LogP contribution in [0.5, 0.6) is 0 Å². The summed E-state index contributed by atoms with van der Waals surface area (Å²) in [5, 5.41) is 0. The van der Waals surface area contributed by atoms with E-state index in [2.05, 4.69) is 18.7 Å². The minimum atomic E-state index is 0.219. The lowest BCUT2D eigenvalue weighted by atomic mass is 10.1. The van der Waals surface area contributed by atoms with Gasteiger partial charge >= 0.3 is 0 Å². The second-order valence-electron chi connectivity index (χ2n) is 4.10. The number of hydrogen-bond donors (Lipinski definition) is 0. The second kappa shape index (κ2) is 5.83. The van der Waals surface area contributed by atoms with E-state index in [1.54, 1.807) is 0 Å². The third-order valence-electron chi connectivity index (χ3n) is 2.86. The summed E-state index contributed by atoms with van der Waals surface area (Å²) in [7, 11) is 0. The standard InChI is InChI=1S/C14H18O2/c1-2-13-8-9-14(11-16-13)15-10-12-6-4-3-5-7-12/h2-7,13-14H,1,8-11H2/t13-,14?/m1/s1. The summed E-state index contributed by atoms with van der Waals surface area (Å²) in [5.41, 5.74) is 1.22. The van der Waals surface area contributed by atoms with Gasteiger partial charge in [-0.3, -0.25) is 0 Å². The Morgan fingerprint density at radius 3 is 2.75 bits per heavy atom. The Kier molecular flexibility index (Phi) is 4.14. The molecule has 0 N–H and O–H groups in total. The molecule has 2 nitrogen and oxygen atoms in total. The van der Waals surface area contributed by atoms with Crippen molar-refractivity contribution in [2.45, 2.75) is 31.7 Å². The van der Waals surface area contributed by atoms with Gasteiger partial charge in [0.05, 0.1) is 25.4 Å². The van der Waals surface area contributed by atoms with Gasteiger partial charge < -0.3 is 9.47 Å². The van der Waals surface area contributed by atoms with Crippen molar-refractivity contribution in [2.75, 3.05) is 6.61 Å². The van der Waals surface area contributed by atoms with Crippen molar-refractivity contribution in [3.63, 3.8) is 0 Å². The van der Waals surface area contributed by atoms with Crippen LogP contribution in [-0.2, 0) is 16.1 Å². The largest absolute Gasteiger partial charge is 0.371 e. The number of rotatable bonds is 4. The van der Waals surface area contributed by atoms with Gasteiger partial charge in [0.15, 0.2) is 0 Å². The first-order chi connectivity index (χ1) is 7.88. The lowest BCUT2D eigenvalue weighted by molar-refractivity contribution is -0.0769. The van der Waals surface area contributed by atoms with Crippen molar-refractivity contribution < 1.29 is 9.47 Å². The van der Waals surface area contributed by atoms with E-state index in [1.807, 2.05) is 24.3 Å². The minimum Gasteiger partial charge on any atom is -0.371 e. The van der Waals surface area contributed by atoms with Crippen molar-refractivity contribution >= 4 is 0 Å². The van der Waals surface area contributed by atoms with Gasteiger partial charge in [0.2, 0.25) is 0 Å². The summed E-state index contributed by atoms with van der Waals surface area (Å²) in [6.45, 7) is 5.10. The summed E-state index contributed by atoms with van der Waals surface area (Å²) in [4.78, 5) is 0. The summed E-state index contributed by atoms with van der Waals surface area (Å²) in [6, 6.07) is 10.2. The molecular weight excluding hydrogens is 200 g/mol. The fourth-order valence-electron chi connectivity index (χ4n) is 1.85. The van der Waals surface area contributed by atoms with E-state index in [4.69, 9.17) is 9.47 Å². The first-order valence-corrected chi connectivity index (χ1v) is 5.78. The van der Waals surface area contributed by atoms with Crippen LogP contribution in [0.2, 0.25) is 0 Å². The summed E-state index contributed by atoms with van der Waals surface area (Å²) in [5.74, 6) is 0. The summed E-state index contributed by atoms with van der Waals surface area (Å²) < 4.78 is 11.4. The smallest absolute Gasteiger partial charge is 0.0814 e. The summed E-state index contributed by atoms with van der Waals surface area (Å²) >= 11 is 0. The molecule has 1 fully saturated rings. The van der Waals surface area contributed by atoms with Gasteiger partial charge in [-0.1, -0.05) is 36.4 Å². The average molecular weight is 218 g/mol. The van der Waals surface area contributed by atoms with Gasteiger partial charge in [-0.25, -0.2) is 0 Å². The molecule has 1 aliphatic heterocycles. The zero-order valence-corrected chi connectivity index (χ0v) is 9.47. The maximum Gasteiger partial charge on any atom is 0.0814 e. The number of hydrogen-bond acceptors (Lipinski definition) is 2. The van der Waals surface area contributed by atoms with Gasteiger partial charge in [0, 0.05) is 0 Å². The minimum absolute atomic E-state index is 0.219. The molecule has 2 rings (SSSR count). The Hall–Kier alpha value is -1.12. The number of benzene rings is 1. The molecule has 16 heavy (non-hydrogen) atoms. The third kappa shape index (κ3) is 3.19. The van der Waals surface area contributed by atoms with E-state index in [0.29, 0.717) is 13.2 Å². The Bertz CT molecular complexity index is 313. The van der Waals surface area contributed by atoms with E-state index in [9.17, 15) is 0 Å². The van der Waals surface area contributed by atoms with Crippen LogP contribution >= 0.6 is 0 Å². The van der Waals surface area contributed by atoms with Gasteiger partial charge in [-0.15, -0.1) is 6.58 Å². The highest BCUT2D eigenvalue weighted by atomic mass is 16.5. The van der Waals surface area contributed by atoms with Crippen LogP contribution in [0.15, 0.2) is 43.0 Å². The molecule has 0 bridgehead atoms. The van der Waals surface area contributed by atoms with Crippen LogP contribution in [0.4, 0.5) is 0 Å². The van der Waals surface area contributed by atoms with E-state index >= 15 is 0 Å². The van der Waals surface area contributed by atoms with Crippen LogP contribution in [0.25, 0.3) is 0 Å².